The van der Waals surface area contributed by atoms with Crippen LogP contribution in [0.1, 0.15) is 115 Å². The molecule has 29 heavy (non-hydrogen) atoms. The number of rotatable bonds is 13. The first-order chi connectivity index (χ1) is 13.1. The molecule has 0 saturated carbocycles. The van der Waals surface area contributed by atoms with E-state index in [1.54, 1.807) is 0 Å². The Balaban J connectivity index is 5.25. The Labute approximate surface area is 186 Å². The second-order valence-electron chi connectivity index (χ2n) is 12.4. The first-order valence-corrected chi connectivity index (χ1v) is 12.4. The highest BCUT2D eigenvalue weighted by Crippen LogP contribution is 2.51. The normalized spacial score (nSPS) is 19.0. The number of allylic oxidation sites excluding steroid dienone is 2. The molecule has 0 aliphatic heterocycles. The molecular formula is C29H56. The largest absolute Gasteiger partial charge is 0.0998 e. The van der Waals surface area contributed by atoms with E-state index in [0.29, 0.717) is 40.4 Å². The molecule has 0 radical (unpaired) electrons. The van der Waals surface area contributed by atoms with Gasteiger partial charge in [0.2, 0.25) is 0 Å². The van der Waals surface area contributed by atoms with E-state index in [0.717, 1.165) is 12.3 Å². The maximum atomic E-state index is 4.41. The first-order valence-electron chi connectivity index (χ1n) is 12.4. The zero-order valence-corrected chi connectivity index (χ0v) is 22.4. The van der Waals surface area contributed by atoms with Gasteiger partial charge in [-0.1, -0.05) is 120 Å². The Morgan fingerprint density at radius 3 is 1.69 bits per heavy atom. The van der Waals surface area contributed by atoms with Crippen LogP contribution in [0.4, 0.5) is 0 Å². The molecule has 5 unspecified atom stereocenters. The van der Waals surface area contributed by atoms with Gasteiger partial charge in [0.05, 0.1) is 0 Å². The molecule has 0 aromatic rings. The summed E-state index contributed by atoms with van der Waals surface area (Å²) in [5.74, 6) is 3.98. The fourth-order valence-corrected chi connectivity index (χ4v) is 5.91. The Kier molecular flexibility index (Phi) is 11.5. The van der Waals surface area contributed by atoms with Crippen molar-refractivity contribution in [2.45, 2.75) is 115 Å². The Hall–Kier alpha value is -0.520. The third-order valence-corrected chi connectivity index (χ3v) is 7.77. The number of hydrogen-bond donors (Lipinski definition) is 0. The van der Waals surface area contributed by atoms with E-state index in [2.05, 4.69) is 96.2 Å². The summed E-state index contributed by atoms with van der Waals surface area (Å²) in [6, 6.07) is 0. The van der Waals surface area contributed by atoms with Gasteiger partial charge in [-0.15, -0.1) is 0 Å². The van der Waals surface area contributed by atoms with Gasteiger partial charge >= 0.3 is 0 Å². The standard InChI is InChI=1S/C29H56/c1-15-29(14,27(22(6)7)26(20(2)3)21(4)5)25(10)18-16-17-23(8)24(9)19-28(11,12)13/h21-23,25-27H,2,9,15-19H2,1,3-8,10-14H3. The van der Waals surface area contributed by atoms with Gasteiger partial charge in [-0.2, -0.15) is 0 Å². The smallest absolute Gasteiger partial charge is 0.0149 e. The summed E-state index contributed by atoms with van der Waals surface area (Å²) < 4.78 is 0. The molecule has 172 valence electrons. The van der Waals surface area contributed by atoms with Crippen molar-refractivity contribution in [3.63, 3.8) is 0 Å². The van der Waals surface area contributed by atoms with Gasteiger partial charge in [-0.05, 0) is 66.1 Å². The molecule has 0 amide bonds. The maximum Gasteiger partial charge on any atom is -0.0149 e. The highest BCUT2D eigenvalue weighted by atomic mass is 14.5. The molecule has 5 atom stereocenters. The van der Waals surface area contributed by atoms with E-state index in [4.69, 9.17) is 0 Å². The summed E-state index contributed by atoms with van der Waals surface area (Å²) in [5, 5.41) is 0. The third kappa shape index (κ3) is 8.63. The van der Waals surface area contributed by atoms with E-state index < -0.39 is 0 Å². The van der Waals surface area contributed by atoms with Crippen molar-refractivity contribution < 1.29 is 0 Å². The summed E-state index contributed by atoms with van der Waals surface area (Å²) >= 11 is 0. The molecule has 0 bridgehead atoms. The van der Waals surface area contributed by atoms with E-state index in [9.17, 15) is 0 Å². The molecule has 0 saturated heterocycles. The van der Waals surface area contributed by atoms with Gasteiger partial charge in [0, 0.05) is 0 Å². The van der Waals surface area contributed by atoms with Crippen molar-refractivity contribution in [3.05, 3.63) is 24.3 Å². The molecule has 0 nitrogen and oxygen atoms in total. The van der Waals surface area contributed by atoms with E-state index in [1.807, 2.05) is 0 Å². The van der Waals surface area contributed by atoms with Crippen molar-refractivity contribution in [3.8, 4) is 0 Å². The second-order valence-corrected chi connectivity index (χ2v) is 12.4. The van der Waals surface area contributed by atoms with Crippen molar-refractivity contribution in [2.24, 2.45) is 46.3 Å². The minimum atomic E-state index is 0.346. The quantitative estimate of drug-likeness (QED) is 0.268. The summed E-state index contributed by atoms with van der Waals surface area (Å²) in [4.78, 5) is 0. The second kappa shape index (κ2) is 11.8. The fourth-order valence-electron chi connectivity index (χ4n) is 5.91. The van der Waals surface area contributed by atoms with Crippen LogP contribution in [-0.2, 0) is 0 Å². The minimum Gasteiger partial charge on any atom is -0.0998 e. The molecule has 0 heteroatoms. The average molecular weight is 405 g/mol. The van der Waals surface area contributed by atoms with E-state index >= 15 is 0 Å². The van der Waals surface area contributed by atoms with Crippen molar-refractivity contribution >= 4 is 0 Å². The monoisotopic (exact) mass is 404 g/mol. The number of hydrogen-bond acceptors (Lipinski definition) is 0. The predicted molar refractivity (Wildman–Crippen MR) is 135 cm³/mol. The summed E-state index contributed by atoms with van der Waals surface area (Å²) in [5.41, 5.74) is 3.51. The molecule has 0 heterocycles. The topological polar surface area (TPSA) is 0 Å². The Morgan fingerprint density at radius 1 is 0.828 bits per heavy atom. The van der Waals surface area contributed by atoms with Crippen molar-refractivity contribution in [1.82, 2.24) is 0 Å². The zero-order chi connectivity index (χ0) is 23.2. The first kappa shape index (κ1) is 28.5. The average Bonchev–Trinajstić information content (AvgIpc) is 2.55. The van der Waals surface area contributed by atoms with Crippen LogP contribution in [-0.4, -0.2) is 0 Å². The minimum absolute atomic E-state index is 0.346. The van der Waals surface area contributed by atoms with Gasteiger partial charge in [-0.25, -0.2) is 0 Å². The van der Waals surface area contributed by atoms with Crippen molar-refractivity contribution in [2.75, 3.05) is 0 Å². The molecule has 0 N–H and O–H groups in total. The van der Waals surface area contributed by atoms with Crippen LogP contribution in [0.25, 0.3) is 0 Å². The van der Waals surface area contributed by atoms with Crippen LogP contribution < -0.4 is 0 Å². The van der Waals surface area contributed by atoms with Crippen LogP contribution in [0.5, 0.6) is 0 Å². The lowest BCUT2D eigenvalue weighted by Gasteiger charge is -2.49. The SMILES string of the molecule is C=C(CC(C)(C)C)C(C)CCCC(C)C(C)(CC)C(C(C)C)C(C(=C)C)C(C)C. The zero-order valence-electron chi connectivity index (χ0n) is 22.4. The van der Waals surface area contributed by atoms with Gasteiger partial charge in [0.15, 0.2) is 0 Å². The van der Waals surface area contributed by atoms with E-state index in [-0.39, 0.29) is 0 Å². The van der Waals surface area contributed by atoms with Crippen LogP contribution >= 0.6 is 0 Å². The van der Waals surface area contributed by atoms with Gasteiger partial charge < -0.3 is 0 Å². The highest BCUT2D eigenvalue weighted by molar-refractivity contribution is 5.06. The molecule has 0 spiro atoms. The lowest BCUT2D eigenvalue weighted by molar-refractivity contribution is 0.0104. The van der Waals surface area contributed by atoms with Crippen LogP contribution in [0.3, 0.4) is 0 Å². The van der Waals surface area contributed by atoms with Crippen LogP contribution in [0.2, 0.25) is 0 Å². The Bertz CT molecular complexity index is 501. The van der Waals surface area contributed by atoms with Crippen LogP contribution in [0.15, 0.2) is 24.3 Å². The maximum absolute atomic E-state index is 4.41. The lowest BCUT2D eigenvalue weighted by Crippen LogP contribution is -2.43. The van der Waals surface area contributed by atoms with Crippen molar-refractivity contribution in [1.29, 1.82) is 0 Å². The summed E-state index contributed by atoms with van der Waals surface area (Å²) in [7, 11) is 0. The molecule has 0 fully saturated rings. The van der Waals surface area contributed by atoms with Gasteiger partial charge in [-0.3, -0.25) is 0 Å². The Morgan fingerprint density at radius 2 is 1.34 bits per heavy atom. The highest BCUT2D eigenvalue weighted by Gasteiger charge is 2.44. The molecule has 0 aliphatic rings. The molecule has 0 aromatic carbocycles. The summed E-state index contributed by atoms with van der Waals surface area (Å²) in [6.07, 6.45) is 6.30. The fraction of sp³-hybridized carbons (Fsp3) is 0.862. The molecule has 0 rings (SSSR count). The van der Waals surface area contributed by atoms with E-state index in [1.165, 1.54) is 36.8 Å². The molecule has 0 aromatic heterocycles. The lowest BCUT2D eigenvalue weighted by atomic mass is 9.55. The molecule has 0 aliphatic carbocycles. The predicted octanol–water partition coefficient (Wildman–Crippen LogP) is 9.96. The van der Waals surface area contributed by atoms with Gasteiger partial charge in [0.25, 0.3) is 0 Å². The third-order valence-electron chi connectivity index (χ3n) is 7.77. The van der Waals surface area contributed by atoms with Crippen LogP contribution in [0, 0.1) is 46.3 Å². The summed E-state index contributed by atoms with van der Waals surface area (Å²) in [6.45, 7) is 37.5. The van der Waals surface area contributed by atoms with Gasteiger partial charge in [0.1, 0.15) is 0 Å². The molecular weight excluding hydrogens is 348 g/mol.